The van der Waals surface area contributed by atoms with E-state index in [9.17, 15) is 19.5 Å². The number of pyridine rings is 1. The number of esters is 1. The zero-order chi connectivity index (χ0) is 19.1. The summed E-state index contributed by atoms with van der Waals surface area (Å²) in [5, 5.41) is 12.0. The van der Waals surface area contributed by atoms with Crippen LogP contribution in [0.4, 0.5) is 0 Å². The van der Waals surface area contributed by atoms with Crippen LogP contribution in [0.15, 0.2) is 41.3 Å². The van der Waals surface area contributed by atoms with Crippen molar-refractivity contribution in [2.24, 2.45) is 0 Å². The number of carbonyl (C=O) groups is 2. The minimum absolute atomic E-state index is 0.0669. The van der Waals surface area contributed by atoms with Crippen LogP contribution in [-0.2, 0) is 11.3 Å². The fraction of sp³-hybridized carbons (Fsp3) is 0.316. The van der Waals surface area contributed by atoms with Gasteiger partial charge in [0.1, 0.15) is 11.3 Å². The lowest BCUT2D eigenvalue weighted by molar-refractivity contribution is 0.0498. The van der Waals surface area contributed by atoms with Gasteiger partial charge in [0, 0.05) is 13.2 Å². The van der Waals surface area contributed by atoms with E-state index in [-0.39, 0.29) is 30.0 Å². The largest absolute Gasteiger partial charge is 0.508 e. The van der Waals surface area contributed by atoms with Gasteiger partial charge < -0.3 is 19.7 Å². The molecule has 0 aliphatic heterocycles. The van der Waals surface area contributed by atoms with E-state index < -0.39 is 17.4 Å². The van der Waals surface area contributed by atoms with E-state index in [2.05, 4.69) is 5.32 Å². The average Bonchev–Trinajstić information content (AvgIpc) is 2.63. The molecule has 2 aromatic rings. The first-order valence-corrected chi connectivity index (χ1v) is 8.37. The van der Waals surface area contributed by atoms with Crippen LogP contribution < -0.4 is 10.9 Å². The van der Waals surface area contributed by atoms with Gasteiger partial charge in [0.2, 0.25) is 0 Å². The highest BCUT2D eigenvalue weighted by Crippen LogP contribution is 2.13. The van der Waals surface area contributed by atoms with E-state index in [0.29, 0.717) is 5.56 Å². The van der Waals surface area contributed by atoms with Crippen molar-refractivity contribution in [3.05, 3.63) is 63.6 Å². The summed E-state index contributed by atoms with van der Waals surface area (Å²) in [5.74, 6) is -1.10. The fourth-order valence-electron chi connectivity index (χ4n) is 2.41. The molecule has 2 N–H and O–H groups in total. The van der Waals surface area contributed by atoms with Crippen LogP contribution >= 0.6 is 0 Å². The van der Waals surface area contributed by atoms with E-state index >= 15 is 0 Å². The Morgan fingerprint density at radius 3 is 2.69 bits per heavy atom. The molecule has 0 radical (unpaired) electrons. The zero-order valence-electron chi connectivity index (χ0n) is 14.8. The van der Waals surface area contributed by atoms with Crippen LogP contribution in [0.2, 0.25) is 0 Å². The lowest BCUT2D eigenvalue weighted by atomic mass is 10.1. The Kier molecular flexibility index (Phi) is 6.54. The lowest BCUT2D eigenvalue weighted by Crippen LogP contribution is -2.32. The van der Waals surface area contributed by atoms with E-state index in [0.717, 1.165) is 12.8 Å². The molecular formula is C19H22N2O5. The smallest absolute Gasteiger partial charge is 0.339 e. The predicted molar refractivity (Wildman–Crippen MR) is 96.5 cm³/mol. The van der Waals surface area contributed by atoms with Crippen molar-refractivity contribution in [2.75, 3.05) is 13.7 Å². The van der Waals surface area contributed by atoms with Gasteiger partial charge >= 0.3 is 5.97 Å². The van der Waals surface area contributed by atoms with Crippen LogP contribution in [0, 0.1) is 0 Å². The summed E-state index contributed by atoms with van der Waals surface area (Å²) in [6.07, 6.45) is 2.98. The topological polar surface area (TPSA) is 97.6 Å². The first-order valence-electron chi connectivity index (χ1n) is 8.37. The summed E-state index contributed by atoms with van der Waals surface area (Å²) in [4.78, 5) is 36.8. The van der Waals surface area contributed by atoms with Crippen molar-refractivity contribution >= 4 is 11.9 Å². The van der Waals surface area contributed by atoms with Crippen LogP contribution in [0.3, 0.4) is 0 Å². The third-order valence-electron chi connectivity index (χ3n) is 3.79. The van der Waals surface area contributed by atoms with Gasteiger partial charge in [-0.3, -0.25) is 9.59 Å². The lowest BCUT2D eigenvalue weighted by Gasteiger charge is -2.12. The van der Waals surface area contributed by atoms with Gasteiger partial charge in [0.05, 0.1) is 18.7 Å². The van der Waals surface area contributed by atoms with Gasteiger partial charge in [-0.25, -0.2) is 4.79 Å². The van der Waals surface area contributed by atoms with E-state index in [1.807, 2.05) is 6.92 Å². The number of unbranched alkanes of at least 4 members (excludes halogenated alkanes) is 1. The molecule has 0 aliphatic rings. The Morgan fingerprint density at radius 1 is 1.27 bits per heavy atom. The highest BCUT2D eigenvalue weighted by molar-refractivity contribution is 5.97. The summed E-state index contributed by atoms with van der Waals surface area (Å²) in [6, 6.07) is 7.66. The number of hydrogen-bond acceptors (Lipinski definition) is 5. The van der Waals surface area contributed by atoms with E-state index in [4.69, 9.17) is 4.74 Å². The van der Waals surface area contributed by atoms with Gasteiger partial charge in [0.15, 0.2) is 0 Å². The molecule has 0 spiro atoms. The number of nitrogens with one attached hydrogen (secondary N) is 1. The average molecular weight is 358 g/mol. The third kappa shape index (κ3) is 4.72. The van der Waals surface area contributed by atoms with E-state index in [1.54, 1.807) is 12.1 Å². The van der Waals surface area contributed by atoms with Crippen LogP contribution in [0.1, 0.15) is 46.0 Å². The second kappa shape index (κ2) is 8.84. The van der Waals surface area contributed by atoms with Crippen molar-refractivity contribution in [1.29, 1.82) is 0 Å². The second-order valence-electron chi connectivity index (χ2n) is 5.81. The molecule has 1 heterocycles. The quantitative estimate of drug-likeness (QED) is 0.582. The molecule has 7 heteroatoms. The van der Waals surface area contributed by atoms with Crippen LogP contribution in [0.25, 0.3) is 0 Å². The van der Waals surface area contributed by atoms with Gasteiger partial charge in [0.25, 0.3) is 11.5 Å². The molecule has 7 nitrogen and oxygen atoms in total. The van der Waals surface area contributed by atoms with Crippen molar-refractivity contribution in [1.82, 2.24) is 9.88 Å². The number of nitrogens with zero attached hydrogens (tertiary/aromatic N) is 1. The Morgan fingerprint density at radius 2 is 2.04 bits per heavy atom. The Labute approximate surface area is 151 Å². The third-order valence-corrected chi connectivity index (χ3v) is 3.79. The SMILES string of the molecule is CCCCOC(=O)c1cc(C(=O)NC)c(=O)n(Cc2cccc(O)c2)c1. The molecule has 0 unspecified atom stereocenters. The number of carbonyl (C=O) groups excluding carboxylic acids is 2. The molecule has 0 saturated carbocycles. The standard InChI is InChI=1S/C19H22N2O5/c1-3-4-8-26-19(25)14-10-16(17(23)20-2)18(24)21(12-14)11-13-6-5-7-15(22)9-13/h5-7,9-10,12,22H,3-4,8,11H2,1-2H3,(H,20,23). The molecular weight excluding hydrogens is 336 g/mol. The summed E-state index contributed by atoms with van der Waals surface area (Å²) < 4.78 is 6.43. The van der Waals surface area contributed by atoms with Crippen molar-refractivity contribution in [2.45, 2.75) is 26.3 Å². The number of amides is 1. The molecule has 26 heavy (non-hydrogen) atoms. The molecule has 0 bridgehead atoms. The second-order valence-corrected chi connectivity index (χ2v) is 5.81. The molecule has 1 aromatic heterocycles. The number of aromatic nitrogens is 1. The maximum atomic E-state index is 12.6. The number of aromatic hydroxyl groups is 1. The Bertz CT molecular complexity index is 857. The first-order chi connectivity index (χ1) is 12.5. The summed E-state index contributed by atoms with van der Waals surface area (Å²) >= 11 is 0. The zero-order valence-corrected chi connectivity index (χ0v) is 14.8. The highest BCUT2D eigenvalue weighted by Gasteiger charge is 2.17. The van der Waals surface area contributed by atoms with Gasteiger partial charge in [-0.1, -0.05) is 25.5 Å². The minimum atomic E-state index is -0.590. The summed E-state index contributed by atoms with van der Waals surface area (Å²) in [5.41, 5.74) is 0.112. The van der Waals surface area contributed by atoms with Gasteiger partial charge in [-0.15, -0.1) is 0 Å². The van der Waals surface area contributed by atoms with E-state index in [1.165, 1.54) is 36.0 Å². The molecule has 1 amide bonds. The number of phenols is 1. The number of benzene rings is 1. The maximum absolute atomic E-state index is 12.6. The number of hydrogen-bond donors (Lipinski definition) is 2. The summed E-state index contributed by atoms with van der Waals surface area (Å²) in [7, 11) is 1.41. The minimum Gasteiger partial charge on any atom is -0.508 e. The van der Waals surface area contributed by atoms with Gasteiger partial charge in [-0.2, -0.15) is 0 Å². The van der Waals surface area contributed by atoms with Crippen LogP contribution in [-0.4, -0.2) is 35.2 Å². The molecule has 0 atom stereocenters. The van der Waals surface area contributed by atoms with Crippen molar-refractivity contribution in [3.63, 3.8) is 0 Å². The highest BCUT2D eigenvalue weighted by atomic mass is 16.5. The molecule has 0 aliphatic carbocycles. The normalized spacial score (nSPS) is 10.4. The predicted octanol–water partition coefficient (Wildman–Crippen LogP) is 1.92. The fourth-order valence-corrected chi connectivity index (χ4v) is 2.41. The van der Waals surface area contributed by atoms with Crippen molar-refractivity contribution < 1.29 is 19.4 Å². The Hall–Kier alpha value is -3.09. The van der Waals surface area contributed by atoms with Crippen molar-refractivity contribution in [3.8, 4) is 5.75 Å². The van der Waals surface area contributed by atoms with Crippen LogP contribution in [0.5, 0.6) is 5.75 Å². The maximum Gasteiger partial charge on any atom is 0.339 e. The Balaban J connectivity index is 2.42. The molecule has 1 aromatic carbocycles. The van der Waals surface area contributed by atoms with Gasteiger partial charge in [-0.05, 0) is 30.2 Å². The monoisotopic (exact) mass is 358 g/mol. The molecule has 0 saturated heterocycles. The summed E-state index contributed by atoms with van der Waals surface area (Å²) in [6.45, 7) is 2.36. The number of phenolic OH excluding ortho intramolecular Hbond substituents is 1. The molecule has 0 fully saturated rings. The number of rotatable bonds is 7. The number of ether oxygens (including phenoxy) is 1. The first kappa shape index (κ1) is 19.2. The molecule has 2 rings (SSSR count). The molecule has 138 valence electrons.